The lowest BCUT2D eigenvalue weighted by Gasteiger charge is -2.22. The Labute approximate surface area is 145 Å². The number of hydrogen-bond acceptors (Lipinski definition) is 6. The third-order valence-corrected chi connectivity index (χ3v) is 3.67. The highest BCUT2D eigenvalue weighted by Gasteiger charge is 2.27. The molecule has 0 saturated heterocycles. The fraction of sp³-hybridized carbons (Fsp3) is 0.714. The van der Waals surface area contributed by atoms with Crippen molar-refractivity contribution in [3.05, 3.63) is 0 Å². The van der Waals surface area contributed by atoms with Crippen LogP contribution in [0.15, 0.2) is 0 Å². The average molecular weight is 363 g/mol. The van der Waals surface area contributed by atoms with Crippen LogP contribution in [0, 0.1) is 5.92 Å². The van der Waals surface area contributed by atoms with Gasteiger partial charge in [0.1, 0.15) is 18.1 Å². The fourth-order valence-corrected chi connectivity index (χ4v) is 2.09. The molecule has 24 heavy (non-hydrogen) atoms. The van der Waals surface area contributed by atoms with Gasteiger partial charge in [0.25, 0.3) is 0 Å². The van der Waals surface area contributed by atoms with Crippen molar-refractivity contribution in [1.29, 1.82) is 0 Å². The average Bonchev–Trinajstić information content (AvgIpc) is 2.48. The largest absolute Gasteiger partial charge is 0.480 e. The smallest absolute Gasteiger partial charge is 0.326 e. The first-order valence-corrected chi connectivity index (χ1v) is 8.15. The lowest BCUT2D eigenvalue weighted by Crippen LogP contribution is -2.53. The van der Waals surface area contributed by atoms with Crippen molar-refractivity contribution in [3.8, 4) is 0 Å². The Balaban J connectivity index is 4.47. The third kappa shape index (κ3) is 8.16. The number of thiol groups is 1. The molecule has 0 aliphatic rings. The molecule has 0 aliphatic carbocycles. The molecule has 0 heterocycles. The van der Waals surface area contributed by atoms with Crippen molar-refractivity contribution in [2.45, 2.75) is 51.2 Å². The van der Waals surface area contributed by atoms with E-state index in [1.54, 1.807) is 13.8 Å². The van der Waals surface area contributed by atoms with Crippen molar-refractivity contribution < 1.29 is 29.4 Å². The standard InChI is InChI=1S/C14H25N3O6S/c1-7(2)11(14(22)23)17-12(19)9(6-24)16-10(18)5-3-4-8(15)13(20)21/h7-9,11,24H,3-6,15H2,1-2H3,(H,16,18)(H,17,19)(H,20,21)(H,22,23)/t8?,9-,11+/m0/s1. The summed E-state index contributed by atoms with van der Waals surface area (Å²) in [5.41, 5.74) is 5.33. The van der Waals surface area contributed by atoms with E-state index in [2.05, 4.69) is 23.3 Å². The molecule has 9 nitrogen and oxygen atoms in total. The second-order valence-corrected chi connectivity index (χ2v) is 6.07. The first-order chi connectivity index (χ1) is 11.1. The zero-order valence-electron chi connectivity index (χ0n) is 13.7. The van der Waals surface area contributed by atoms with Gasteiger partial charge in [0.15, 0.2) is 0 Å². The Morgan fingerprint density at radius 1 is 1.08 bits per heavy atom. The first-order valence-electron chi connectivity index (χ1n) is 7.51. The summed E-state index contributed by atoms with van der Waals surface area (Å²) in [6.07, 6.45) is 0.393. The normalized spacial score (nSPS) is 14.5. The summed E-state index contributed by atoms with van der Waals surface area (Å²) in [5, 5.41) is 22.5. The van der Waals surface area contributed by atoms with E-state index in [9.17, 15) is 19.2 Å². The predicted octanol–water partition coefficient (Wildman–Crippen LogP) is -0.791. The number of carboxylic acid groups (broad SMARTS) is 2. The number of hydrogen-bond donors (Lipinski definition) is 6. The minimum atomic E-state index is -1.16. The highest BCUT2D eigenvalue weighted by molar-refractivity contribution is 7.80. The van der Waals surface area contributed by atoms with Gasteiger partial charge in [0, 0.05) is 12.2 Å². The van der Waals surface area contributed by atoms with Gasteiger partial charge in [-0.3, -0.25) is 14.4 Å². The number of nitrogens with two attached hydrogens (primary N) is 1. The van der Waals surface area contributed by atoms with Gasteiger partial charge in [-0.1, -0.05) is 13.8 Å². The Morgan fingerprint density at radius 3 is 2.08 bits per heavy atom. The van der Waals surface area contributed by atoms with Crippen LogP contribution >= 0.6 is 12.6 Å². The molecule has 0 aromatic rings. The van der Waals surface area contributed by atoms with Crippen LogP contribution in [0.3, 0.4) is 0 Å². The molecule has 1 unspecified atom stereocenters. The maximum Gasteiger partial charge on any atom is 0.326 e. The fourth-order valence-electron chi connectivity index (χ4n) is 1.83. The zero-order valence-corrected chi connectivity index (χ0v) is 14.6. The number of rotatable bonds is 11. The number of carbonyl (C=O) groups is 4. The second kappa shape index (κ2) is 10.9. The molecule has 0 aliphatic heterocycles. The van der Waals surface area contributed by atoms with Crippen LogP contribution in [0.2, 0.25) is 0 Å². The molecule has 0 bridgehead atoms. The molecule has 10 heteroatoms. The highest BCUT2D eigenvalue weighted by atomic mass is 32.1. The molecular weight excluding hydrogens is 338 g/mol. The molecule has 0 rings (SSSR count). The van der Waals surface area contributed by atoms with E-state index in [4.69, 9.17) is 15.9 Å². The van der Waals surface area contributed by atoms with Crippen molar-refractivity contribution in [3.63, 3.8) is 0 Å². The van der Waals surface area contributed by atoms with Crippen molar-refractivity contribution in [1.82, 2.24) is 10.6 Å². The quantitative estimate of drug-likeness (QED) is 0.262. The molecule has 3 atom stereocenters. The topological polar surface area (TPSA) is 159 Å². The van der Waals surface area contributed by atoms with E-state index >= 15 is 0 Å². The number of carboxylic acids is 2. The maximum atomic E-state index is 12.1. The van der Waals surface area contributed by atoms with E-state index in [1.807, 2.05) is 0 Å². The minimum Gasteiger partial charge on any atom is -0.480 e. The van der Waals surface area contributed by atoms with E-state index in [1.165, 1.54) is 0 Å². The monoisotopic (exact) mass is 363 g/mol. The second-order valence-electron chi connectivity index (χ2n) is 5.71. The van der Waals surface area contributed by atoms with Gasteiger partial charge in [-0.05, 0) is 18.8 Å². The molecule has 2 amide bonds. The summed E-state index contributed by atoms with van der Waals surface area (Å²) in [6, 6.07) is -3.08. The van der Waals surface area contributed by atoms with E-state index in [-0.39, 0.29) is 30.9 Å². The van der Waals surface area contributed by atoms with E-state index < -0.39 is 41.9 Å². The third-order valence-electron chi connectivity index (χ3n) is 3.30. The minimum absolute atomic E-state index is 0.00333. The van der Waals surface area contributed by atoms with Crippen molar-refractivity contribution in [2.75, 3.05) is 5.75 Å². The number of amides is 2. The lowest BCUT2D eigenvalue weighted by atomic mass is 10.0. The Hall–Kier alpha value is -1.81. The predicted molar refractivity (Wildman–Crippen MR) is 89.7 cm³/mol. The number of nitrogens with one attached hydrogen (secondary N) is 2. The van der Waals surface area contributed by atoms with Crippen LogP contribution in [-0.4, -0.2) is 57.8 Å². The van der Waals surface area contributed by atoms with Crippen LogP contribution in [0.4, 0.5) is 0 Å². The van der Waals surface area contributed by atoms with Gasteiger partial charge in [-0.15, -0.1) is 0 Å². The molecule has 0 fully saturated rings. The summed E-state index contributed by atoms with van der Waals surface area (Å²) in [6.45, 7) is 3.30. The highest BCUT2D eigenvalue weighted by Crippen LogP contribution is 2.04. The zero-order chi connectivity index (χ0) is 18.9. The van der Waals surface area contributed by atoms with Gasteiger partial charge >= 0.3 is 11.9 Å². The summed E-state index contributed by atoms with van der Waals surface area (Å²) in [7, 11) is 0. The van der Waals surface area contributed by atoms with E-state index in [0.29, 0.717) is 0 Å². The molecule has 6 N–H and O–H groups in total. The van der Waals surface area contributed by atoms with Gasteiger partial charge in [-0.25, -0.2) is 4.79 Å². The van der Waals surface area contributed by atoms with E-state index in [0.717, 1.165) is 0 Å². The molecular formula is C14H25N3O6S. The number of aliphatic carboxylic acids is 2. The summed E-state index contributed by atoms with van der Waals surface area (Å²) in [4.78, 5) is 45.5. The molecule has 138 valence electrons. The van der Waals surface area contributed by atoms with Crippen LogP contribution < -0.4 is 16.4 Å². The van der Waals surface area contributed by atoms with Gasteiger partial charge in [0.2, 0.25) is 11.8 Å². The van der Waals surface area contributed by atoms with Crippen LogP contribution in [0.25, 0.3) is 0 Å². The molecule has 0 saturated carbocycles. The molecule has 0 aromatic carbocycles. The molecule has 0 radical (unpaired) electrons. The van der Waals surface area contributed by atoms with Crippen LogP contribution in [-0.2, 0) is 19.2 Å². The Bertz CT molecular complexity index is 471. The van der Waals surface area contributed by atoms with Gasteiger partial charge in [0.05, 0.1) is 0 Å². The lowest BCUT2D eigenvalue weighted by molar-refractivity contribution is -0.143. The maximum absolute atomic E-state index is 12.1. The Morgan fingerprint density at radius 2 is 1.67 bits per heavy atom. The first kappa shape index (κ1) is 22.2. The van der Waals surface area contributed by atoms with Gasteiger partial charge in [-0.2, -0.15) is 12.6 Å². The van der Waals surface area contributed by atoms with Gasteiger partial charge < -0.3 is 26.6 Å². The van der Waals surface area contributed by atoms with Crippen LogP contribution in [0.5, 0.6) is 0 Å². The van der Waals surface area contributed by atoms with Crippen molar-refractivity contribution in [2.24, 2.45) is 11.7 Å². The van der Waals surface area contributed by atoms with Crippen LogP contribution in [0.1, 0.15) is 33.1 Å². The SMILES string of the molecule is CC(C)[C@@H](NC(=O)[C@H](CS)NC(=O)CCCC(N)C(=O)O)C(=O)O. The summed E-state index contributed by atoms with van der Waals surface area (Å²) in [5.74, 6) is -3.72. The molecule has 0 spiro atoms. The number of carbonyl (C=O) groups excluding carboxylic acids is 2. The summed E-state index contributed by atoms with van der Waals surface area (Å²) < 4.78 is 0. The van der Waals surface area contributed by atoms with Crippen molar-refractivity contribution >= 4 is 36.4 Å². The molecule has 0 aromatic heterocycles. The Kier molecular flexibility index (Phi) is 10.0. The summed E-state index contributed by atoms with van der Waals surface area (Å²) >= 11 is 3.99.